The Balaban J connectivity index is 2.06. The van der Waals surface area contributed by atoms with E-state index in [9.17, 15) is 14.4 Å². The molecule has 4 amide bonds. The normalized spacial score (nSPS) is 16.0. The van der Waals surface area contributed by atoms with Crippen molar-refractivity contribution in [1.29, 1.82) is 0 Å². The predicted octanol–water partition coefficient (Wildman–Crippen LogP) is 1.71. The van der Waals surface area contributed by atoms with Gasteiger partial charge in [0.05, 0.1) is 19.9 Å². The molecule has 8 nitrogen and oxygen atoms in total. The third-order valence-electron chi connectivity index (χ3n) is 4.01. The molecule has 1 aromatic carbocycles. The number of methoxy groups -OCH3 is 2. The van der Waals surface area contributed by atoms with Crippen molar-refractivity contribution in [3.8, 4) is 11.5 Å². The highest BCUT2D eigenvalue weighted by Gasteiger charge is 2.38. The number of benzene rings is 1. The Bertz CT molecular complexity index is 929. The van der Waals surface area contributed by atoms with Crippen LogP contribution in [0.25, 0.3) is 6.08 Å². The molecule has 1 aromatic heterocycles. The van der Waals surface area contributed by atoms with Crippen LogP contribution >= 0.6 is 0 Å². The molecule has 0 atom stereocenters. The summed E-state index contributed by atoms with van der Waals surface area (Å²) in [4.78, 5) is 38.2. The van der Waals surface area contributed by atoms with E-state index in [1.54, 1.807) is 42.1 Å². The van der Waals surface area contributed by atoms with Gasteiger partial charge in [0.2, 0.25) is 0 Å². The Morgan fingerprint density at radius 3 is 2.46 bits per heavy atom. The van der Waals surface area contributed by atoms with Crippen LogP contribution in [0, 0.1) is 0 Å². The van der Waals surface area contributed by atoms with Crippen LogP contribution in [0.1, 0.15) is 5.69 Å². The molecule has 1 aliphatic rings. The number of carbonyl (C=O) groups is 3. The summed E-state index contributed by atoms with van der Waals surface area (Å²) in [6, 6.07) is 7.36. The van der Waals surface area contributed by atoms with Gasteiger partial charge in [-0.1, -0.05) is 0 Å². The fourth-order valence-electron chi connectivity index (χ4n) is 2.62. The third kappa shape index (κ3) is 2.92. The van der Waals surface area contributed by atoms with Gasteiger partial charge in [-0.15, -0.1) is 0 Å². The van der Waals surface area contributed by atoms with E-state index in [0.717, 1.165) is 4.90 Å². The maximum Gasteiger partial charge on any atom is 0.336 e. The number of amides is 4. The number of aromatic nitrogens is 1. The second-order valence-electron chi connectivity index (χ2n) is 5.54. The van der Waals surface area contributed by atoms with Gasteiger partial charge in [0, 0.05) is 25.0 Å². The molecule has 3 rings (SSSR count). The number of carbonyl (C=O) groups excluding carboxylic acids is 3. The van der Waals surface area contributed by atoms with Gasteiger partial charge in [-0.05, 0) is 30.3 Å². The smallest absolute Gasteiger partial charge is 0.336 e. The van der Waals surface area contributed by atoms with Gasteiger partial charge in [-0.3, -0.25) is 14.9 Å². The summed E-state index contributed by atoms with van der Waals surface area (Å²) in [6.07, 6.45) is 3.22. The molecular formula is C18H17N3O5. The quantitative estimate of drug-likeness (QED) is 0.666. The molecule has 0 spiro atoms. The highest BCUT2D eigenvalue weighted by Crippen LogP contribution is 2.34. The number of barbiturate groups is 1. The van der Waals surface area contributed by atoms with Crippen molar-refractivity contribution in [1.82, 2.24) is 9.88 Å². The largest absolute Gasteiger partial charge is 0.497 e. The molecule has 0 bridgehead atoms. The summed E-state index contributed by atoms with van der Waals surface area (Å²) in [7, 11) is 4.69. The number of rotatable bonds is 4. The van der Waals surface area contributed by atoms with E-state index in [1.165, 1.54) is 26.4 Å². The van der Waals surface area contributed by atoms with E-state index in [0.29, 0.717) is 11.4 Å². The van der Waals surface area contributed by atoms with E-state index in [-0.39, 0.29) is 17.0 Å². The van der Waals surface area contributed by atoms with E-state index in [2.05, 4.69) is 5.32 Å². The lowest BCUT2D eigenvalue weighted by atomic mass is 10.1. The molecule has 26 heavy (non-hydrogen) atoms. The first-order chi connectivity index (χ1) is 12.5. The number of urea groups is 1. The zero-order chi connectivity index (χ0) is 18.8. The van der Waals surface area contributed by atoms with Crippen molar-refractivity contribution in [2.24, 2.45) is 7.05 Å². The highest BCUT2D eigenvalue weighted by molar-refractivity contribution is 6.39. The molecule has 2 aromatic rings. The Morgan fingerprint density at radius 2 is 1.85 bits per heavy atom. The number of anilines is 1. The summed E-state index contributed by atoms with van der Waals surface area (Å²) in [5, 5.41) is 2.18. The number of nitrogens with zero attached hydrogens (tertiary/aromatic N) is 2. The SMILES string of the molecule is COc1ccc(N2C(=O)NC(=O)/C(=C\c3cccn3C)C2=O)c(OC)c1. The van der Waals surface area contributed by atoms with Crippen LogP contribution in [0.5, 0.6) is 11.5 Å². The molecule has 1 saturated heterocycles. The Kier molecular flexibility index (Phi) is 4.49. The van der Waals surface area contributed by atoms with E-state index >= 15 is 0 Å². The van der Waals surface area contributed by atoms with Gasteiger partial charge < -0.3 is 14.0 Å². The van der Waals surface area contributed by atoms with Crippen molar-refractivity contribution in [2.45, 2.75) is 0 Å². The Morgan fingerprint density at radius 1 is 1.08 bits per heavy atom. The van der Waals surface area contributed by atoms with Crippen molar-refractivity contribution in [2.75, 3.05) is 19.1 Å². The first-order valence-electron chi connectivity index (χ1n) is 7.71. The monoisotopic (exact) mass is 355 g/mol. The maximum absolute atomic E-state index is 12.9. The van der Waals surface area contributed by atoms with Crippen LogP contribution in [0.15, 0.2) is 42.1 Å². The van der Waals surface area contributed by atoms with Gasteiger partial charge in [0.15, 0.2) is 0 Å². The van der Waals surface area contributed by atoms with Gasteiger partial charge in [-0.2, -0.15) is 0 Å². The number of hydrogen-bond donors (Lipinski definition) is 1. The number of hydrogen-bond acceptors (Lipinski definition) is 5. The predicted molar refractivity (Wildman–Crippen MR) is 94.0 cm³/mol. The van der Waals surface area contributed by atoms with Crippen LogP contribution in [-0.4, -0.2) is 36.6 Å². The zero-order valence-corrected chi connectivity index (χ0v) is 14.5. The first kappa shape index (κ1) is 17.3. The highest BCUT2D eigenvalue weighted by atomic mass is 16.5. The minimum Gasteiger partial charge on any atom is -0.497 e. The molecule has 8 heteroatoms. The number of nitrogens with one attached hydrogen (secondary N) is 1. The van der Waals surface area contributed by atoms with Crippen LogP contribution in [0.4, 0.5) is 10.5 Å². The van der Waals surface area contributed by atoms with E-state index < -0.39 is 17.8 Å². The minimum absolute atomic E-state index is 0.149. The molecule has 0 radical (unpaired) electrons. The second-order valence-corrected chi connectivity index (χ2v) is 5.54. The van der Waals surface area contributed by atoms with Crippen molar-refractivity contribution < 1.29 is 23.9 Å². The number of imide groups is 2. The molecule has 1 N–H and O–H groups in total. The maximum atomic E-state index is 12.9. The molecule has 2 heterocycles. The zero-order valence-electron chi connectivity index (χ0n) is 14.5. The Hall–Kier alpha value is -3.55. The summed E-state index contributed by atoms with van der Waals surface area (Å²) >= 11 is 0. The van der Waals surface area contributed by atoms with Crippen molar-refractivity contribution in [3.63, 3.8) is 0 Å². The third-order valence-corrected chi connectivity index (χ3v) is 4.01. The van der Waals surface area contributed by atoms with Crippen LogP contribution in [0.2, 0.25) is 0 Å². The van der Waals surface area contributed by atoms with Crippen molar-refractivity contribution in [3.05, 3.63) is 47.8 Å². The molecule has 0 aliphatic carbocycles. The molecule has 0 unspecified atom stereocenters. The number of aryl methyl sites for hydroxylation is 1. The standard InChI is InChI=1S/C18H17N3O5/c1-20-8-4-5-11(20)9-13-16(22)19-18(24)21(17(13)23)14-7-6-12(25-2)10-15(14)26-3/h4-10H,1-3H3,(H,19,22,24)/b13-9+. The summed E-state index contributed by atoms with van der Waals surface area (Å²) in [6.45, 7) is 0. The van der Waals surface area contributed by atoms with Gasteiger partial charge >= 0.3 is 6.03 Å². The van der Waals surface area contributed by atoms with Crippen molar-refractivity contribution >= 4 is 29.6 Å². The molecule has 0 saturated carbocycles. The van der Waals surface area contributed by atoms with Gasteiger partial charge in [0.25, 0.3) is 11.8 Å². The van der Waals surface area contributed by atoms with Gasteiger partial charge in [0.1, 0.15) is 17.1 Å². The fourth-order valence-corrected chi connectivity index (χ4v) is 2.62. The van der Waals surface area contributed by atoms with Crippen LogP contribution in [-0.2, 0) is 16.6 Å². The van der Waals surface area contributed by atoms with Gasteiger partial charge in [-0.25, -0.2) is 9.69 Å². The lowest BCUT2D eigenvalue weighted by molar-refractivity contribution is -0.122. The molecule has 1 fully saturated rings. The summed E-state index contributed by atoms with van der Waals surface area (Å²) in [5.74, 6) is -0.708. The number of ether oxygens (including phenoxy) is 2. The molecule has 1 aliphatic heterocycles. The molecule has 134 valence electrons. The van der Waals surface area contributed by atoms with Crippen LogP contribution in [0.3, 0.4) is 0 Å². The Labute approximate surface area is 149 Å². The minimum atomic E-state index is -0.840. The first-order valence-corrected chi connectivity index (χ1v) is 7.71. The average molecular weight is 355 g/mol. The average Bonchev–Trinajstić information content (AvgIpc) is 3.03. The molecular weight excluding hydrogens is 338 g/mol. The van der Waals surface area contributed by atoms with E-state index in [1.807, 2.05) is 0 Å². The lowest BCUT2D eigenvalue weighted by Gasteiger charge is -2.27. The lowest BCUT2D eigenvalue weighted by Crippen LogP contribution is -2.54. The second kappa shape index (κ2) is 6.75. The van der Waals surface area contributed by atoms with Crippen LogP contribution < -0.4 is 19.7 Å². The van der Waals surface area contributed by atoms with E-state index in [4.69, 9.17) is 9.47 Å². The fraction of sp³-hybridized carbons (Fsp3) is 0.167. The summed E-state index contributed by atoms with van der Waals surface area (Å²) < 4.78 is 12.1. The summed E-state index contributed by atoms with van der Waals surface area (Å²) in [5.41, 5.74) is 0.713. The topological polar surface area (TPSA) is 89.9 Å².